The lowest BCUT2D eigenvalue weighted by Gasteiger charge is -2.12. The van der Waals surface area contributed by atoms with Crippen molar-refractivity contribution in [3.8, 4) is 11.1 Å². The molecule has 5 nitrogen and oxygen atoms in total. The fourth-order valence-electron chi connectivity index (χ4n) is 3.25. The number of carbonyl (C=O) groups is 2. The molecule has 6 heteroatoms. The van der Waals surface area contributed by atoms with E-state index in [9.17, 15) is 9.59 Å². The Morgan fingerprint density at radius 3 is 2.73 bits per heavy atom. The van der Waals surface area contributed by atoms with E-state index in [-0.39, 0.29) is 17.6 Å². The van der Waals surface area contributed by atoms with Gasteiger partial charge in [0.1, 0.15) is 16.6 Å². The van der Waals surface area contributed by atoms with Gasteiger partial charge in [-0.15, -0.1) is 11.3 Å². The summed E-state index contributed by atoms with van der Waals surface area (Å²) in [7, 11) is 0. The van der Waals surface area contributed by atoms with Crippen molar-refractivity contribution in [3.63, 3.8) is 0 Å². The summed E-state index contributed by atoms with van der Waals surface area (Å²) in [6.45, 7) is 5.38. The van der Waals surface area contributed by atoms with Gasteiger partial charge in [-0.25, -0.2) is 9.97 Å². The minimum Gasteiger partial charge on any atom is -0.307 e. The fraction of sp³-hybridized carbons (Fsp3) is 0.250. The van der Waals surface area contributed by atoms with Crippen LogP contribution >= 0.6 is 11.3 Å². The van der Waals surface area contributed by atoms with Gasteiger partial charge >= 0.3 is 0 Å². The van der Waals surface area contributed by atoms with Crippen LogP contribution in [0.3, 0.4) is 0 Å². The third kappa shape index (κ3) is 4.71. The van der Waals surface area contributed by atoms with Crippen molar-refractivity contribution >= 4 is 28.8 Å². The van der Waals surface area contributed by atoms with E-state index < -0.39 is 0 Å². The normalized spacial score (nSPS) is 14.2. The van der Waals surface area contributed by atoms with Crippen molar-refractivity contribution in [1.82, 2.24) is 9.97 Å². The van der Waals surface area contributed by atoms with Gasteiger partial charge in [0, 0.05) is 28.8 Å². The molecule has 30 heavy (non-hydrogen) atoms. The van der Waals surface area contributed by atoms with Gasteiger partial charge in [0.05, 0.1) is 6.42 Å². The highest BCUT2D eigenvalue weighted by Gasteiger charge is 2.26. The topological polar surface area (TPSA) is 72.0 Å². The first kappa shape index (κ1) is 20.2. The number of anilines is 1. The molecule has 1 saturated carbocycles. The third-order valence-electron chi connectivity index (χ3n) is 5.28. The Hall–Kier alpha value is -3.12. The number of Topliss-reactive ketones (excluding diaryl/α,β-unsaturated/α-hetero) is 1. The van der Waals surface area contributed by atoms with Crippen molar-refractivity contribution in [2.75, 3.05) is 5.32 Å². The first-order chi connectivity index (χ1) is 14.5. The van der Waals surface area contributed by atoms with E-state index in [2.05, 4.69) is 21.9 Å². The maximum atomic E-state index is 12.8. The lowest BCUT2D eigenvalue weighted by Crippen LogP contribution is -2.12. The Kier molecular flexibility index (Phi) is 5.86. The molecule has 1 amide bonds. The van der Waals surface area contributed by atoms with Crippen LogP contribution in [0.2, 0.25) is 0 Å². The summed E-state index contributed by atoms with van der Waals surface area (Å²) < 4.78 is 0. The van der Waals surface area contributed by atoms with Crippen LogP contribution in [0, 0.1) is 0 Å². The van der Waals surface area contributed by atoms with E-state index in [1.807, 2.05) is 43.5 Å². The lowest BCUT2D eigenvalue weighted by molar-refractivity contribution is -0.119. The monoisotopic (exact) mass is 417 g/mol. The standard InChI is InChI=1S/C24H23N3O2S/c1-3-23(29)27-22-10-9-19(13-25-22)18-6-4-5-17(11-18)15(2)20(28)12-24-26-14-21(30-24)16-7-8-16/h3-6,9-11,13-16H,1,7-8,12H2,2H3,(H,25,27,29). The molecule has 1 N–H and O–H groups in total. The number of carbonyl (C=O) groups excluding carboxylic acids is 2. The largest absolute Gasteiger partial charge is 0.307 e. The van der Waals surface area contributed by atoms with Gasteiger partial charge in [-0.05, 0) is 48.1 Å². The predicted octanol–water partition coefficient (Wildman–Crippen LogP) is 5.12. The quantitative estimate of drug-likeness (QED) is 0.516. The summed E-state index contributed by atoms with van der Waals surface area (Å²) in [5, 5.41) is 3.54. The molecule has 0 radical (unpaired) electrons. The second kappa shape index (κ2) is 8.71. The van der Waals surface area contributed by atoms with Gasteiger partial charge in [0.15, 0.2) is 0 Å². The van der Waals surface area contributed by atoms with Crippen molar-refractivity contribution in [1.29, 1.82) is 0 Å². The Balaban J connectivity index is 1.45. The number of aromatic nitrogens is 2. The van der Waals surface area contributed by atoms with Crippen LogP contribution < -0.4 is 5.32 Å². The summed E-state index contributed by atoms with van der Waals surface area (Å²) in [5.74, 6) is 0.804. The fourth-order valence-corrected chi connectivity index (χ4v) is 4.35. The second-order valence-corrected chi connectivity index (χ2v) is 8.69. The van der Waals surface area contributed by atoms with E-state index in [0.717, 1.165) is 21.7 Å². The van der Waals surface area contributed by atoms with Crippen molar-refractivity contribution < 1.29 is 9.59 Å². The van der Waals surface area contributed by atoms with E-state index in [1.54, 1.807) is 23.6 Å². The summed E-state index contributed by atoms with van der Waals surface area (Å²) >= 11 is 1.68. The number of nitrogens with zero attached hydrogens (tertiary/aromatic N) is 2. The Morgan fingerprint density at radius 2 is 2.03 bits per heavy atom. The first-order valence-electron chi connectivity index (χ1n) is 10.0. The number of hydrogen-bond donors (Lipinski definition) is 1. The molecule has 1 fully saturated rings. The van der Waals surface area contributed by atoms with Crippen molar-refractivity contribution in [2.45, 2.75) is 38.0 Å². The number of pyridine rings is 1. The number of hydrogen-bond acceptors (Lipinski definition) is 5. The zero-order chi connectivity index (χ0) is 21.1. The molecule has 4 rings (SSSR count). The Bertz CT molecular complexity index is 1080. The maximum absolute atomic E-state index is 12.8. The van der Waals surface area contributed by atoms with Crippen LogP contribution in [0.15, 0.2) is 61.4 Å². The molecule has 0 spiro atoms. The van der Waals surface area contributed by atoms with E-state index in [0.29, 0.717) is 18.2 Å². The lowest BCUT2D eigenvalue weighted by atomic mass is 9.92. The highest BCUT2D eigenvalue weighted by Crippen LogP contribution is 2.42. The van der Waals surface area contributed by atoms with Gasteiger partial charge in [-0.2, -0.15) is 0 Å². The van der Waals surface area contributed by atoms with Crippen molar-refractivity contribution in [2.24, 2.45) is 0 Å². The minimum atomic E-state index is -0.297. The number of rotatable bonds is 8. The van der Waals surface area contributed by atoms with Gasteiger partial charge in [-0.3, -0.25) is 9.59 Å². The van der Waals surface area contributed by atoms with E-state index in [1.165, 1.54) is 23.8 Å². The smallest absolute Gasteiger partial charge is 0.248 e. The van der Waals surface area contributed by atoms with Crippen LogP contribution in [0.4, 0.5) is 5.82 Å². The number of thiazole rings is 1. The molecule has 0 aliphatic heterocycles. The summed E-state index contributed by atoms with van der Waals surface area (Å²) in [4.78, 5) is 34.3. The molecule has 3 aromatic rings. The molecule has 152 valence electrons. The van der Waals surface area contributed by atoms with Crippen molar-refractivity contribution in [3.05, 3.63) is 76.9 Å². The predicted molar refractivity (Wildman–Crippen MR) is 120 cm³/mol. The Labute approximate surface area is 179 Å². The minimum absolute atomic E-state index is 0.171. The summed E-state index contributed by atoms with van der Waals surface area (Å²) in [5.41, 5.74) is 2.87. The van der Waals surface area contributed by atoms with Crippen LogP contribution in [0.1, 0.15) is 47.0 Å². The van der Waals surface area contributed by atoms with Crippen LogP contribution in [0.5, 0.6) is 0 Å². The Morgan fingerprint density at radius 1 is 1.20 bits per heavy atom. The molecular formula is C24H23N3O2S. The molecule has 1 aliphatic rings. The second-order valence-electron chi connectivity index (χ2n) is 7.55. The van der Waals surface area contributed by atoms with E-state index >= 15 is 0 Å². The molecule has 0 bridgehead atoms. The zero-order valence-corrected chi connectivity index (χ0v) is 17.6. The highest BCUT2D eigenvalue weighted by molar-refractivity contribution is 7.11. The van der Waals surface area contributed by atoms with Gasteiger partial charge in [0.2, 0.25) is 5.91 Å². The molecule has 2 heterocycles. The average Bonchev–Trinajstić information content (AvgIpc) is 3.52. The summed E-state index contributed by atoms with van der Waals surface area (Å²) in [6, 6.07) is 11.6. The van der Waals surface area contributed by atoms with Gasteiger partial charge < -0.3 is 5.32 Å². The van der Waals surface area contributed by atoms with E-state index in [4.69, 9.17) is 0 Å². The number of amides is 1. The van der Waals surface area contributed by atoms with Crippen LogP contribution in [-0.2, 0) is 16.0 Å². The third-order valence-corrected chi connectivity index (χ3v) is 6.44. The van der Waals surface area contributed by atoms with Crippen LogP contribution in [-0.4, -0.2) is 21.7 Å². The zero-order valence-electron chi connectivity index (χ0n) is 16.8. The van der Waals surface area contributed by atoms with Crippen LogP contribution in [0.25, 0.3) is 11.1 Å². The van der Waals surface area contributed by atoms with Gasteiger partial charge in [-0.1, -0.05) is 37.8 Å². The average molecular weight is 418 g/mol. The molecular weight excluding hydrogens is 394 g/mol. The molecule has 1 aromatic carbocycles. The molecule has 0 saturated heterocycles. The number of nitrogens with one attached hydrogen (secondary N) is 1. The van der Waals surface area contributed by atoms with Gasteiger partial charge in [0.25, 0.3) is 0 Å². The number of benzene rings is 1. The molecule has 1 atom stereocenters. The molecule has 1 aliphatic carbocycles. The summed E-state index contributed by atoms with van der Waals surface area (Å²) in [6.07, 6.45) is 7.71. The molecule has 2 aromatic heterocycles. The first-order valence-corrected chi connectivity index (χ1v) is 10.8. The number of ketones is 1. The maximum Gasteiger partial charge on any atom is 0.248 e. The highest BCUT2D eigenvalue weighted by atomic mass is 32.1. The molecule has 1 unspecified atom stereocenters. The SMILES string of the molecule is C=CC(=O)Nc1ccc(-c2cccc(C(C)C(=O)Cc3ncc(C4CC4)s3)c2)cn1.